The topological polar surface area (TPSA) is 32.3 Å². The van der Waals surface area contributed by atoms with E-state index in [0.717, 1.165) is 13.0 Å². The first-order valence-electron chi connectivity index (χ1n) is 4.06. The minimum Gasteiger partial charge on any atom is -0.395 e. The van der Waals surface area contributed by atoms with Crippen molar-refractivity contribution in [2.24, 2.45) is 5.92 Å². The summed E-state index contributed by atoms with van der Waals surface area (Å²) in [5, 5.41) is 12.1. The predicted octanol–water partition coefficient (Wildman–Crippen LogP) is 1.00. The lowest BCUT2D eigenvalue weighted by Crippen LogP contribution is -2.37. The van der Waals surface area contributed by atoms with Gasteiger partial charge in [-0.15, -0.1) is 0 Å². The lowest BCUT2D eigenvalue weighted by molar-refractivity contribution is 0.211. The number of aliphatic hydroxyl groups is 1. The molecule has 10 heavy (non-hydrogen) atoms. The van der Waals surface area contributed by atoms with Gasteiger partial charge in [-0.2, -0.15) is 0 Å². The van der Waals surface area contributed by atoms with Gasteiger partial charge >= 0.3 is 0 Å². The predicted molar refractivity (Wildman–Crippen MR) is 44.0 cm³/mol. The number of rotatable bonds is 5. The van der Waals surface area contributed by atoms with Gasteiger partial charge in [-0.25, -0.2) is 0 Å². The largest absolute Gasteiger partial charge is 0.395 e. The Balaban J connectivity index is 3.40. The molecule has 0 spiro atoms. The summed E-state index contributed by atoms with van der Waals surface area (Å²) in [6, 6.07) is 0.278. The van der Waals surface area contributed by atoms with Crippen molar-refractivity contribution in [1.29, 1.82) is 0 Å². The van der Waals surface area contributed by atoms with Crippen LogP contribution in [-0.4, -0.2) is 24.3 Å². The van der Waals surface area contributed by atoms with Crippen LogP contribution in [0.3, 0.4) is 0 Å². The van der Waals surface area contributed by atoms with Crippen LogP contribution in [0.4, 0.5) is 0 Å². The van der Waals surface area contributed by atoms with Gasteiger partial charge in [0.2, 0.25) is 0 Å². The van der Waals surface area contributed by atoms with Gasteiger partial charge in [0, 0.05) is 6.04 Å². The highest BCUT2D eigenvalue weighted by Gasteiger charge is 2.09. The van der Waals surface area contributed by atoms with E-state index in [4.69, 9.17) is 5.11 Å². The maximum atomic E-state index is 8.86. The lowest BCUT2D eigenvalue weighted by atomic mass is 10.1. The minimum absolute atomic E-state index is 0.248. The van der Waals surface area contributed by atoms with Gasteiger partial charge in [0.15, 0.2) is 0 Å². The highest BCUT2D eigenvalue weighted by atomic mass is 16.3. The summed E-state index contributed by atoms with van der Waals surface area (Å²) in [6.45, 7) is 7.61. The fourth-order valence-electron chi connectivity index (χ4n) is 0.841. The minimum atomic E-state index is 0.248. The quantitative estimate of drug-likeness (QED) is 0.605. The second-order valence-corrected chi connectivity index (χ2v) is 2.99. The molecule has 2 nitrogen and oxygen atoms in total. The van der Waals surface area contributed by atoms with E-state index in [2.05, 4.69) is 26.1 Å². The summed E-state index contributed by atoms with van der Waals surface area (Å²) in [4.78, 5) is 0. The van der Waals surface area contributed by atoms with Crippen molar-refractivity contribution < 1.29 is 5.11 Å². The van der Waals surface area contributed by atoms with E-state index in [1.807, 2.05) is 0 Å². The van der Waals surface area contributed by atoms with Crippen molar-refractivity contribution in [2.45, 2.75) is 33.2 Å². The summed E-state index contributed by atoms with van der Waals surface area (Å²) >= 11 is 0. The molecular formula is C8H19NO. The summed E-state index contributed by atoms with van der Waals surface area (Å²) in [5.41, 5.74) is 0. The lowest BCUT2D eigenvalue weighted by Gasteiger charge is -2.19. The van der Waals surface area contributed by atoms with E-state index in [9.17, 15) is 0 Å². The van der Waals surface area contributed by atoms with Gasteiger partial charge in [0.1, 0.15) is 0 Å². The van der Waals surface area contributed by atoms with Crippen LogP contribution in [0.25, 0.3) is 0 Å². The first kappa shape index (κ1) is 9.92. The molecule has 0 rings (SSSR count). The van der Waals surface area contributed by atoms with Crippen LogP contribution in [0.2, 0.25) is 0 Å². The molecule has 0 heterocycles. The van der Waals surface area contributed by atoms with E-state index >= 15 is 0 Å². The van der Waals surface area contributed by atoms with Crippen molar-refractivity contribution in [3.63, 3.8) is 0 Å². The fourth-order valence-corrected chi connectivity index (χ4v) is 0.841. The van der Waals surface area contributed by atoms with Crippen molar-refractivity contribution in [3.05, 3.63) is 0 Å². The Labute approximate surface area is 63.6 Å². The number of nitrogens with one attached hydrogen (secondary N) is 1. The van der Waals surface area contributed by atoms with Gasteiger partial charge in [-0.05, 0) is 18.9 Å². The van der Waals surface area contributed by atoms with Crippen LogP contribution in [0.15, 0.2) is 0 Å². The highest BCUT2D eigenvalue weighted by molar-refractivity contribution is 4.67. The Hall–Kier alpha value is -0.0800. The van der Waals surface area contributed by atoms with E-state index in [-0.39, 0.29) is 12.6 Å². The van der Waals surface area contributed by atoms with Crippen LogP contribution in [0, 0.1) is 5.92 Å². The average Bonchev–Trinajstić information content (AvgIpc) is 1.89. The Bertz CT molecular complexity index is 73.7. The average molecular weight is 145 g/mol. The van der Waals surface area contributed by atoms with Crippen molar-refractivity contribution in [3.8, 4) is 0 Å². The van der Waals surface area contributed by atoms with Crippen molar-refractivity contribution in [2.75, 3.05) is 13.2 Å². The second kappa shape index (κ2) is 5.69. The smallest absolute Gasteiger partial charge is 0.0587 e. The summed E-state index contributed by atoms with van der Waals surface area (Å²) < 4.78 is 0. The van der Waals surface area contributed by atoms with Gasteiger partial charge in [-0.1, -0.05) is 20.8 Å². The van der Waals surface area contributed by atoms with Crippen molar-refractivity contribution in [1.82, 2.24) is 5.32 Å². The third kappa shape index (κ3) is 3.85. The van der Waals surface area contributed by atoms with Crippen molar-refractivity contribution >= 4 is 0 Å². The molecule has 62 valence electrons. The fraction of sp³-hybridized carbons (Fsp3) is 1.00. The SMILES string of the molecule is CCCN[C@@H](CO)C(C)C. The molecule has 0 radical (unpaired) electrons. The third-order valence-corrected chi connectivity index (χ3v) is 1.66. The molecule has 0 unspecified atom stereocenters. The molecule has 0 fully saturated rings. The Morgan fingerprint density at radius 2 is 2.00 bits per heavy atom. The molecule has 0 amide bonds. The molecule has 0 saturated heterocycles. The maximum Gasteiger partial charge on any atom is 0.0587 e. The molecule has 0 saturated carbocycles. The number of hydrogen-bond acceptors (Lipinski definition) is 2. The zero-order valence-electron chi connectivity index (χ0n) is 7.22. The molecule has 0 aromatic rings. The standard InChI is InChI=1S/C8H19NO/c1-4-5-9-8(6-10)7(2)3/h7-10H,4-6H2,1-3H3/t8-/m0/s1. The third-order valence-electron chi connectivity index (χ3n) is 1.66. The van der Waals surface area contributed by atoms with E-state index in [1.165, 1.54) is 0 Å². The molecule has 2 N–H and O–H groups in total. The van der Waals surface area contributed by atoms with Crippen LogP contribution in [0.5, 0.6) is 0 Å². The summed E-state index contributed by atoms with van der Waals surface area (Å²) in [7, 11) is 0. The van der Waals surface area contributed by atoms with Gasteiger partial charge < -0.3 is 10.4 Å². The van der Waals surface area contributed by atoms with Crippen LogP contribution in [-0.2, 0) is 0 Å². The zero-order valence-corrected chi connectivity index (χ0v) is 7.22. The Kier molecular flexibility index (Phi) is 5.64. The molecule has 0 bridgehead atoms. The molecule has 0 aliphatic heterocycles. The van der Waals surface area contributed by atoms with Gasteiger partial charge in [-0.3, -0.25) is 0 Å². The first-order valence-corrected chi connectivity index (χ1v) is 4.06. The van der Waals surface area contributed by atoms with Gasteiger partial charge in [0.05, 0.1) is 6.61 Å². The Morgan fingerprint density at radius 1 is 1.40 bits per heavy atom. The molecule has 1 atom stereocenters. The van der Waals surface area contributed by atoms with Crippen LogP contribution >= 0.6 is 0 Å². The van der Waals surface area contributed by atoms with E-state index in [0.29, 0.717) is 5.92 Å². The van der Waals surface area contributed by atoms with Gasteiger partial charge in [0.25, 0.3) is 0 Å². The zero-order chi connectivity index (χ0) is 7.98. The molecule has 2 heteroatoms. The van der Waals surface area contributed by atoms with Crippen LogP contribution < -0.4 is 5.32 Å². The van der Waals surface area contributed by atoms with Crippen LogP contribution in [0.1, 0.15) is 27.2 Å². The molecule has 0 aliphatic rings. The highest BCUT2D eigenvalue weighted by Crippen LogP contribution is 1.99. The normalized spacial score (nSPS) is 14.1. The number of aliphatic hydroxyl groups excluding tert-OH is 1. The number of hydrogen-bond donors (Lipinski definition) is 2. The first-order chi connectivity index (χ1) is 4.72. The summed E-state index contributed by atoms with van der Waals surface area (Å²) in [6.07, 6.45) is 1.13. The monoisotopic (exact) mass is 145 g/mol. The summed E-state index contributed by atoms with van der Waals surface area (Å²) in [5.74, 6) is 0.525. The Morgan fingerprint density at radius 3 is 2.30 bits per heavy atom. The second-order valence-electron chi connectivity index (χ2n) is 2.99. The molecule has 0 aliphatic carbocycles. The molecule has 0 aromatic carbocycles. The molecular weight excluding hydrogens is 126 g/mol. The molecule has 0 aromatic heterocycles. The van der Waals surface area contributed by atoms with E-state index in [1.54, 1.807) is 0 Å². The van der Waals surface area contributed by atoms with E-state index < -0.39 is 0 Å². The maximum absolute atomic E-state index is 8.86.